The number of benzene rings is 2. The summed E-state index contributed by atoms with van der Waals surface area (Å²) < 4.78 is 42.0. The number of nitrogens with one attached hydrogen (secondary N) is 1. The first kappa shape index (κ1) is 22.3. The van der Waals surface area contributed by atoms with Crippen LogP contribution in [0.5, 0.6) is 0 Å². The van der Waals surface area contributed by atoms with Gasteiger partial charge in [-0.1, -0.05) is 13.8 Å². The first-order chi connectivity index (χ1) is 14.6. The molecule has 0 aliphatic heterocycles. The summed E-state index contributed by atoms with van der Waals surface area (Å²) in [4.78, 5) is 26.9. The molecule has 0 bridgehead atoms. The van der Waals surface area contributed by atoms with Gasteiger partial charge in [0.05, 0.1) is 17.1 Å². The van der Waals surface area contributed by atoms with Gasteiger partial charge in [-0.3, -0.25) is 4.79 Å². The molecule has 2 aromatic carbocycles. The van der Waals surface area contributed by atoms with Gasteiger partial charge in [0.25, 0.3) is 5.56 Å². The largest absolute Gasteiger partial charge is 0.322 e. The van der Waals surface area contributed by atoms with Crippen molar-refractivity contribution in [2.24, 2.45) is 13.0 Å². The molecule has 1 N–H and O–H groups in total. The maximum atomic E-state index is 14.0. The Morgan fingerprint density at radius 3 is 2.23 bits per heavy atom. The van der Waals surface area contributed by atoms with E-state index in [1.165, 1.54) is 36.2 Å². The predicted molar refractivity (Wildman–Crippen MR) is 112 cm³/mol. The van der Waals surface area contributed by atoms with Gasteiger partial charge in [-0.15, -0.1) is 0 Å². The van der Waals surface area contributed by atoms with Gasteiger partial charge >= 0.3 is 6.03 Å². The molecule has 3 aromatic rings. The van der Waals surface area contributed by atoms with Crippen LogP contribution in [0.2, 0.25) is 0 Å². The summed E-state index contributed by atoms with van der Waals surface area (Å²) in [5.41, 5.74) is 0.0840. The number of halogens is 3. The van der Waals surface area contributed by atoms with Gasteiger partial charge < -0.3 is 10.2 Å². The van der Waals surface area contributed by atoms with Crippen LogP contribution in [-0.2, 0) is 7.05 Å². The van der Waals surface area contributed by atoms with Crippen LogP contribution < -0.4 is 10.9 Å². The number of rotatable bonds is 5. The number of anilines is 1. The minimum absolute atomic E-state index is 0.0262. The van der Waals surface area contributed by atoms with E-state index in [0.717, 1.165) is 16.8 Å². The fourth-order valence-corrected chi connectivity index (χ4v) is 3.37. The maximum Gasteiger partial charge on any atom is 0.322 e. The fourth-order valence-electron chi connectivity index (χ4n) is 3.37. The molecule has 31 heavy (non-hydrogen) atoms. The van der Waals surface area contributed by atoms with Gasteiger partial charge in [0.15, 0.2) is 11.6 Å². The summed E-state index contributed by atoms with van der Waals surface area (Å²) in [7, 11) is 1.41. The molecule has 1 atom stereocenters. The van der Waals surface area contributed by atoms with Crippen molar-refractivity contribution < 1.29 is 18.0 Å². The zero-order valence-corrected chi connectivity index (χ0v) is 17.6. The number of hydrogen-bond acceptors (Lipinski definition) is 3. The highest BCUT2D eigenvalue weighted by atomic mass is 19.2. The van der Waals surface area contributed by atoms with Crippen molar-refractivity contribution in [2.45, 2.75) is 26.8 Å². The Kier molecular flexibility index (Phi) is 6.33. The van der Waals surface area contributed by atoms with E-state index in [4.69, 9.17) is 0 Å². The summed E-state index contributed by atoms with van der Waals surface area (Å²) in [6.45, 7) is 5.86. The molecular formula is C22H23F3N4O2. The van der Waals surface area contributed by atoms with E-state index in [0.29, 0.717) is 12.2 Å². The minimum atomic E-state index is -1.14. The Labute approximate surface area is 177 Å². The summed E-state index contributed by atoms with van der Waals surface area (Å²) >= 11 is 0. The van der Waals surface area contributed by atoms with E-state index in [-0.39, 0.29) is 22.4 Å². The molecular weight excluding hydrogens is 409 g/mol. The molecule has 0 aliphatic rings. The third-order valence-corrected chi connectivity index (χ3v) is 4.90. The fraction of sp³-hybridized carbons (Fsp3) is 0.318. The highest BCUT2D eigenvalue weighted by Gasteiger charge is 2.27. The molecule has 0 unspecified atom stereocenters. The van der Waals surface area contributed by atoms with Crippen molar-refractivity contribution in [3.63, 3.8) is 0 Å². The number of amides is 2. The van der Waals surface area contributed by atoms with Crippen molar-refractivity contribution in [1.82, 2.24) is 14.7 Å². The maximum absolute atomic E-state index is 14.0. The quantitative estimate of drug-likeness (QED) is 0.641. The normalized spacial score (nSPS) is 12.3. The Morgan fingerprint density at radius 1 is 1.06 bits per heavy atom. The van der Waals surface area contributed by atoms with Gasteiger partial charge in [-0.05, 0) is 49.2 Å². The van der Waals surface area contributed by atoms with Crippen LogP contribution in [0.15, 0.2) is 41.2 Å². The summed E-state index contributed by atoms with van der Waals surface area (Å²) in [5.74, 6) is -2.60. The van der Waals surface area contributed by atoms with E-state index in [1.54, 1.807) is 6.92 Å². The van der Waals surface area contributed by atoms with Crippen molar-refractivity contribution >= 4 is 22.5 Å². The summed E-state index contributed by atoms with van der Waals surface area (Å²) in [5, 5.41) is 7.07. The topological polar surface area (TPSA) is 67.2 Å². The van der Waals surface area contributed by atoms with Crippen LogP contribution in [-0.4, -0.2) is 27.3 Å². The highest BCUT2D eigenvalue weighted by Crippen LogP contribution is 2.27. The molecule has 0 radical (unpaired) electrons. The molecule has 1 aromatic heterocycles. The third-order valence-electron chi connectivity index (χ3n) is 4.90. The Bertz CT molecular complexity index is 1180. The first-order valence-electron chi connectivity index (χ1n) is 9.77. The number of carbonyl (C=O) groups is 1. The number of carbonyl (C=O) groups excluding carboxylic acids is 1. The number of aromatic nitrogens is 2. The minimum Gasteiger partial charge on any atom is -0.316 e. The van der Waals surface area contributed by atoms with Gasteiger partial charge in [0.2, 0.25) is 0 Å². The SMILES string of the molecule is CC(C)CN(C(=O)Nc1ccc(F)cc1)[C@H](C)c1nn(C)c(=O)c2cc(F)c(F)cc12. The first-order valence-corrected chi connectivity index (χ1v) is 9.77. The lowest BCUT2D eigenvalue weighted by molar-refractivity contribution is 0.182. The van der Waals surface area contributed by atoms with Gasteiger partial charge in [0, 0.05) is 24.7 Å². The molecule has 0 saturated heterocycles. The zero-order chi connectivity index (χ0) is 22.9. The number of fused-ring (bicyclic) bond motifs is 1. The molecule has 0 fully saturated rings. The van der Waals surface area contributed by atoms with Crippen LogP contribution in [0.3, 0.4) is 0 Å². The number of hydrogen-bond donors (Lipinski definition) is 1. The van der Waals surface area contributed by atoms with Crippen molar-refractivity contribution in [3.8, 4) is 0 Å². The molecule has 2 amide bonds. The third kappa shape index (κ3) is 4.70. The molecule has 1 heterocycles. The van der Waals surface area contributed by atoms with Gasteiger partial charge in [-0.25, -0.2) is 22.6 Å². The van der Waals surface area contributed by atoms with Crippen LogP contribution in [0.4, 0.5) is 23.7 Å². The van der Waals surface area contributed by atoms with Gasteiger partial charge in [-0.2, -0.15) is 5.10 Å². The van der Waals surface area contributed by atoms with Crippen LogP contribution in [0.1, 0.15) is 32.5 Å². The molecule has 3 rings (SSSR count). The number of urea groups is 1. The second kappa shape index (κ2) is 8.79. The molecule has 0 spiro atoms. The van der Waals surface area contributed by atoms with Crippen LogP contribution in [0.25, 0.3) is 10.8 Å². The van der Waals surface area contributed by atoms with Crippen LogP contribution in [0, 0.1) is 23.4 Å². The van der Waals surface area contributed by atoms with Crippen molar-refractivity contribution in [1.29, 1.82) is 0 Å². The second-order valence-electron chi connectivity index (χ2n) is 7.79. The monoisotopic (exact) mass is 432 g/mol. The van der Waals surface area contributed by atoms with Crippen LogP contribution >= 0.6 is 0 Å². The lowest BCUT2D eigenvalue weighted by Gasteiger charge is -2.31. The molecule has 0 saturated carbocycles. The summed E-state index contributed by atoms with van der Waals surface area (Å²) in [6, 6.07) is 5.94. The average molecular weight is 432 g/mol. The lowest BCUT2D eigenvalue weighted by Crippen LogP contribution is -2.40. The zero-order valence-electron chi connectivity index (χ0n) is 17.6. The van der Waals surface area contributed by atoms with E-state index in [1.807, 2.05) is 13.8 Å². The van der Waals surface area contributed by atoms with E-state index in [2.05, 4.69) is 10.4 Å². The van der Waals surface area contributed by atoms with Gasteiger partial charge in [0.1, 0.15) is 5.82 Å². The van der Waals surface area contributed by atoms with E-state index in [9.17, 15) is 22.8 Å². The molecule has 164 valence electrons. The predicted octanol–water partition coefficient (Wildman–Crippen LogP) is 4.60. The second-order valence-corrected chi connectivity index (χ2v) is 7.79. The number of nitrogens with zero attached hydrogens (tertiary/aromatic N) is 3. The molecule has 6 nitrogen and oxygen atoms in total. The average Bonchev–Trinajstić information content (AvgIpc) is 2.71. The standard InChI is InChI=1S/C22H23F3N4O2/c1-12(2)11-29(22(31)26-15-7-5-14(23)6-8-15)13(3)20-16-9-18(24)19(25)10-17(16)21(30)28(4)27-20/h5-10,12-13H,11H2,1-4H3,(H,26,31)/t13-/m1/s1. The Hall–Kier alpha value is -3.36. The molecule has 0 aliphatic carbocycles. The highest BCUT2D eigenvalue weighted by molar-refractivity contribution is 5.90. The Balaban J connectivity index is 2.06. The van der Waals surface area contributed by atoms with E-state index >= 15 is 0 Å². The lowest BCUT2D eigenvalue weighted by atomic mass is 10.0. The molecule has 9 heteroatoms. The Morgan fingerprint density at radius 2 is 1.65 bits per heavy atom. The van der Waals surface area contributed by atoms with Crippen molar-refractivity contribution in [2.75, 3.05) is 11.9 Å². The summed E-state index contributed by atoms with van der Waals surface area (Å²) in [6.07, 6.45) is 0. The van der Waals surface area contributed by atoms with Crippen molar-refractivity contribution in [3.05, 3.63) is 69.9 Å². The number of aryl methyl sites for hydroxylation is 1. The van der Waals surface area contributed by atoms with E-state index < -0.39 is 35.1 Å². The smallest absolute Gasteiger partial charge is 0.316 e.